The molecule has 2 N–H and O–H groups in total. The third-order valence-corrected chi connectivity index (χ3v) is 7.06. The average molecular weight is 497 g/mol. The zero-order valence-electron chi connectivity index (χ0n) is 20.1. The molecule has 0 aliphatic heterocycles. The second kappa shape index (κ2) is 9.22. The normalized spacial score (nSPS) is 14.8. The molecule has 1 atom stereocenters. The van der Waals surface area contributed by atoms with Crippen LogP contribution in [0.3, 0.4) is 0 Å². The van der Waals surface area contributed by atoms with Gasteiger partial charge in [0, 0.05) is 16.7 Å². The van der Waals surface area contributed by atoms with Gasteiger partial charge in [-0.25, -0.2) is 4.68 Å². The molecule has 5 rings (SSSR count). The number of aliphatic hydroxyl groups excluding tert-OH is 1. The van der Waals surface area contributed by atoms with Gasteiger partial charge in [0.1, 0.15) is 5.69 Å². The maximum absolute atomic E-state index is 14.2. The topological polar surface area (TPSA) is 76.1 Å². The molecule has 0 amide bonds. The monoisotopic (exact) mass is 496 g/mol. The van der Waals surface area contributed by atoms with E-state index in [1.54, 1.807) is 30.3 Å². The Balaban J connectivity index is 1.50. The summed E-state index contributed by atoms with van der Waals surface area (Å²) in [6.07, 6.45) is -0.695. The van der Waals surface area contributed by atoms with Crippen molar-refractivity contribution in [2.75, 3.05) is 13.7 Å². The molecular weight excluding hydrogens is 469 g/mol. The van der Waals surface area contributed by atoms with Crippen molar-refractivity contribution < 1.29 is 22.8 Å². The molecule has 0 bridgehead atoms. The Morgan fingerprint density at radius 3 is 2.56 bits per heavy atom. The van der Waals surface area contributed by atoms with E-state index in [0.717, 1.165) is 34.2 Å². The summed E-state index contributed by atoms with van der Waals surface area (Å²) < 4.78 is 49.1. The van der Waals surface area contributed by atoms with Crippen LogP contribution in [0.5, 0.6) is 0 Å². The van der Waals surface area contributed by atoms with Crippen LogP contribution in [0.15, 0.2) is 59.3 Å². The summed E-state index contributed by atoms with van der Waals surface area (Å²) in [5.74, 6) is 0.113. The predicted molar refractivity (Wildman–Crippen MR) is 130 cm³/mol. The SMILES string of the molecule is CNC(C)(CO)CCc1ccc2c(c1)CCc1c-2noc1-c1cnn(-c2ccccc2)c1C(F)(F)F. The number of rotatable bonds is 7. The highest BCUT2D eigenvalue weighted by molar-refractivity contribution is 5.77. The van der Waals surface area contributed by atoms with E-state index in [2.05, 4.69) is 21.6 Å². The number of aryl methyl sites for hydroxylation is 2. The lowest BCUT2D eigenvalue weighted by molar-refractivity contribution is -0.142. The number of benzene rings is 2. The van der Waals surface area contributed by atoms with Crippen LogP contribution in [0.2, 0.25) is 0 Å². The van der Waals surface area contributed by atoms with E-state index in [4.69, 9.17) is 4.52 Å². The van der Waals surface area contributed by atoms with Crippen LogP contribution in [-0.4, -0.2) is 39.2 Å². The average Bonchev–Trinajstić information content (AvgIpc) is 3.52. The minimum atomic E-state index is -4.64. The lowest BCUT2D eigenvalue weighted by Gasteiger charge is -2.27. The lowest BCUT2D eigenvalue weighted by Crippen LogP contribution is -2.43. The second-order valence-corrected chi connectivity index (χ2v) is 9.45. The molecule has 6 nitrogen and oxygen atoms in total. The van der Waals surface area contributed by atoms with Crippen LogP contribution >= 0.6 is 0 Å². The van der Waals surface area contributed by atoms with Crippen molar-refractivity contribution >= 4 is 0 Å². The quantitative estimate of drug-likeness (QED) is 0.367. The summed E-state index contributed by atoms with van der Waals surface area (Å²) in [7, 11) is 1.83. The third-order valence-electron chi connectivity index (χ3n) is 7.06. The van der Waals surface area contributed by atoms with Crippen LogP contribution in [0, 0.1) is 0 Å². The van der Waals surface area contributed by atoms with Crippen molar-refractivity contribution in [1.29, 1.82) is 0 Å². The molecule has 1 aliphatic rings. The van der Waals surface area contributed by atoms with Gasteiger partial charge in [-0.15, -0.1) is 0 Å². The van der Waals surface area contributed by atoms with Gasteiger partial charge in [0.2, 0.25) is 0 Å². The Labute approximate surface area is 206 Å². The van der Waals surface area contributed by atoms with E-state index in [0.29, 0.717) is 29.8 Å². The molecule has 36 heavy (non-hydrogen) atoms. The van der Waals surface area contributed by atoms with Crippen LogP contribution in [-0.2, 0) is 25.4 Å². The van der Waals surface area contributed by atoms with E-state index < -0.39 is 11.9 Å². The molecule has 4 aromatic rings. The largest absolute Gasteiger partial charge is 0.434 e. The van der Waals surface area contributed by atoms with Gasteiger partial charge in [-0.1, -0.05) is 41.6 Å². The van der Waals surface area contributed by atoms with Gasteiger partial charge in [-0.3, -0.25) is 0 Å². The first kappa shape index (κ1) is 24.3. The summed E-state index contributed by atoms with van der Waals surface area (Å²) in [4.78, 5) is 0. The van der Waals surface area contributed by atoms with E-state index in [1.807, 2.05) is 26.1 Å². The van der Waals surface area contributed by atoms with Gasteiger partial charge < -0.3 is 14.9 Å². The smallest absolute Gasteiger partial charge is 0.394 e. The van der Waals surface area contributed by atoms with Crippen molar-refractivity contribution in [2.45, 2.75) is 44.3 Å². The van der Waals surface area contributed by atoms with Gasteiger partial charge >= 0.3 is 6.18 Å². The fourth-order valence-electron chi connectivity index (χ4n) is 4.72. The fraction of sp³-hybridized carbons (Fsp3) is 0.333. The molecule has 2 heterocycles. The molecule has 188 valence electrons. The molecule has 1 unspecified atom stereocenters. The molecule has 2 aromatic heterocycles. The summed E-state index contributed by atoms with van der Waals surface area (Å²) >= 11 is 0. The Hall–Kier alpha value is -3.43. The first-order valence-electron chi connectivity index (χ1n) is 11.9. The molecule has 9 heteroatoms. The molecule has 0 saturated heterocycles. The molecule has 1 aliphatic carbocycles. The maximum Gasteiger partial charge on any atom is 0.434 e. The summed E-state index contributed by atoms with van der Waals surface area (Å²) in [6.45, 7) is 2.02. The van der Waals surface area contributed by atoms with E-state index >= 15 is 0 Å². The highest BCUT2D eigenvalue weighted by Gasteiger charge is 2.41. The van der Waals surface area contributed by atoms with Crippen molar-refractivity contribution in [1.82, 2.24) is 20.3 Å². The van der Waals surface area contributed by atoms with Crippen LogP contribution < -0.4 is 5.32 Å². The summed E-state index contributed by atoms with van der Waals surface area (Å²) in [5, 5.41) is 21.1. The van der Waals surface area contributed by atoms with Crippen LogP contribution in [0.25, 0.3) is 28.3 Å². The van der Waals surface area contributed by atoms with Crippen molar-refractivity contribution in [2.24, 2.45) is 0 Å². The number of aliphatic hydroxyl groups is 1. The zero-order chi connectivity index (χ0) is 25.5. The Morgan fingerprint density at radius 2 is 1.86 bits per heavy atom. The lowest BCUT2D eigenvalue weighted by atomic mass is 9.86. The van der Waals surface area contributed by atoms with Crippen LogP contribution in [0.1, 0.15) is 35.7 Å². The number of hydrogen-bond acceptors (Lipinski definition) is 5. The van der Waals surface area contributed by atoms with E-state index in [1.165, 1.54) is 6.20 Å². The zero-order valence-corrected chi connectivity index (χ0v) is 20.1. The summed E-state index contributed by atoms with van der Waals surface area (Å²) in [6, 6.07) is 14.3. The van der Waals surface area contributed by atoms with Gasteiger partial charge in [0.25, 0.3) is 0 Å². The number of alkyl halides is 3. The number of aromatic nitrogens is 3. The second-order valence-electron chi connectivity index (χ2n) is 9.45. The molecule has 0 spiro atoms. The molecular formula is C27H27F3N4O2. The number of fused-ring (bicyclic) bond motifs is 3. The van der Waals surface area contributed by atoms with Crippen molar-refractivity contribution in [3.63, 3.8) is 0 Å². The highest BCUT2D eigenvalue weighted by Crippen LogP contribution is 2.44. The summed E-state index contributed by atoms with van der Waals surface area (Å²) in [5.41, 5.74) is 3.30. The number of nitrogens with zero attached hydrogens (tertiary/aromatic N) is 3. The Bertz CT molecular complexity index is 1370. The van der Waals surface area contributed by atoms with Gasteiger partial charge in [-0.05, 0) is 62.9 Å². The highest BCUT2D eigenvalue weighted by atomic mass is 19.4. The standard InChI is InChI=1S/C27H27F3N4O2/c1-26(16-35,31-2)13-12-17-8-10-20-18(14-17)9-11-21-23(20)33-36-24(21)22-15-32-34(25(22)27(28,29)30)19-6-4-3-5-7-19/h3-8,10,14-15,31,35H,9,11-13,16H2,1-2H3. The minimum absolute atomic E-state index is 0.0420. The number of para-hydroxylation sites is 1. The fourth-order valence-corrected chi connectivity index (χ4v) is 4.72. The van der Waals surface area contributed by atoms with Gasteiger partial charge in [-0.2, -0.15) is 18.3 Å². The third kappa shape index (κ3) is 4.33. The first-order valence-corrected chi connectivity index (χ1v) is 11.9. The maximum atomic E-state index is 14.2. The van der Waals surface area contributed by atoms with Crippen molar-refractivity contribution in [3.8, 4) is 28.3 Å². The number of nitrogens with one attached hydrogen (secondary N) is 1. The van der Waals surface area contributed by atoms with E-state index in [-0.39, 0.29) is 23.5 Å². The number of halogens is 3. The first-order chi connectivity index (χ1) is 17.2. The molecule has 0 fully saturated rings. The Morgan fingerprint density at radius 1 is 1.08 bits per heavy atom. The predicted octanol–water partition coefficient (Wildman–Crippen LogP) is 5.21. The number of likely N-dealkylation sites (N-methyl/N-ethyl adjacent to an activating group) is 1. The van der Waals surface area contributed by atoms with E-state index in [9.17, 15) is 18.3 Å². The molecule has 0 radical (unpaired) electrons. The van der Waals surface area contributed by atoms with Gasteiger partial charge in [0.05, 0.1) is 24.1 Å². The number of hydrogen-bond donors (Lipinski definition) is 2. The minimum Gasteiger partial charge on any atom is -0.394 e. The molecule has 2 aromatic carbocycles. The van der Waals surface area contributed by atoms with Crippen molar-refractivity contribution in [3.05, 3.63) is 77.1 Å². The Kier molecular flexibility index (Phi) is 6.22. The van der Waals surface area contributed by atoms with Crippen LogP contribution in [0.4, 0.5) is 13.2 Å². The van der Waals surface area contributed by atoms with Gasteiger partial charge in [0.15, 0.2) is 11.5 Å². The molecule has 0 saturated carbocycles.